The Balaban J connectivity index is 2.28. The number of benzene rings is 2. The van der Waals surface area contributed by atoms with E-state index in [0.29, 0.717) is 24.0 Å². The molecule has 1 aromatic heterocycles. The molecule has 3 aromatic rings. The largest absolute Gasteiger partial charge is 0.455 e. The first-order chi connectivity index (χ1) is 11.7. The maximum atomic E-state index is 13.0. The molecule has 3 rings (SSSR count). The normalized spacial score (nSPS) is 12.1. The zero-order chi connectivity index (χ0) is 17.1. The van der Waals surface area contributed by atoms with Gasteiger partial charge in [-0.15, -0.1) is 0 Å². The van der Waals surface area contributed by atoms with E-state index in [4.69, 9.17) is 4.74 Å². The van der Waals surface area contributed by atoms with Crippen molar-refractivity contribution < 1.29 is 9.53 Å². The molecule has 0 aliphatic heterocycles. The summed E-state index contributed by atoms with van der Waals surface area (Å²) in [6, 6.07) is 14.8. The molecular formula is C19H16BrNO3. The first-order valence-electron chi connectivity index (χ1n) is 7.62. The van der Waals surface area contributed by atoms with Crippen molar-refractivity contribution in [1.29, 1.82) is 0 Å². The van der Waals surface area contributed by atoms with Gasteiger partial charge in [-0.3, -0.25) is 9.59 Å². The standard InChI is InChI=1S/C19H16BrNO3/c1-2-21-11-16(18(23)15-9-8-14(20)10-17(15)21)19(24-12-22)13-6-4-3-5-7-13/h3-12,19H,2H2,1H3. The summed E-state index contributed by atoms with van der Waals surface area (Å²) in [5, 5.41) is 0.605. The van der Waals surface area contributed by atoms with Gasteiger partial charge in [0.1, 0.15) is 0 Å². The molecule has 0 amide bonds. The van der Waals surface area contributed by atoms with Crippen LogP contribution in [-0.4, -0.2) is 11.0 Å². The van der Waals surface area contributed by atoms with Crippen LogP contribution in [0.25, 0.3) is 10.9 Å². The molecule has 0 N–H and O–H groups in total. The molecule has 122 valence electrons. The van der Waals surface area contributed by atoms with Gasteiger partial charge in [0.15, 0.2) is 11.5 Å². The van der Waals surface area contributed by atoms with E-state index in [2.05, 4.69) is 15.9 Å². The van der Waals surface area contributed by atoms with Crippen LogP contribution in [0.4, 0.5) is 0 Å². The Bertz CT molecular complexity index is 934. The third-order valence-electron chi connectivity index (χ3n) is 3.99. The number of hydrogen-bond acceptors (Lipinski definition) is 3. The van der Waals surface area contributed by atoms with Gasteiger partial charge < -0.3 is 9.30 Å². The number of carbonyl (C=O) groups is 1. The highest BCUT2D eigenvalue weighted by atomic mass is 79.9. The minimum atomic E-state index is -0.720. The summed E-state index contributed by atoms with van der Waals surface area (Å²) in [5.41, 5.74) is 1.93. The van der Waals surface area contributed by atoms with Crippen LogP contribution in [0.1, 0.15) is 24.2 Å². The molecule has 0 aliphatic carbocycles. The van der Waals surface area contributed by atoms with E-state index in [1.54, 1.807) is 12.3 Å². The Morgan fingerprint density at radius 2 is 1.96 bits per heavy atom. The Kier molecular flexibility index (Phi) is 4.81. The molecule has 0 bridgehead atoms. The second kappa shape index (κ2) is 7.01. The van der Waals surface area contributed by atoms with Gasteiger partial charge in [0.2, 0.25) is 0 Å². The highest BCUT2D eigenvalue weighted by Gasteiger charge is 2.21. The number of pyridine rings is 1. The van der Waals surface area contributed by atoms with Crippen molar-refractivity contribution in [1.82, 2.24) is 4.57 Å². The van der Waals surface area contributed by atoms with E-state index >= 15 is 0 Å². The summed E-state index contributed by atoms with van der Waals surface area (Å²) >= 11 is 3.44. The number of nitrogens with zero attached hydrogens (tertiary/aromatic N) is 1. The Hall–Kier alpha value is -2.40. The van der Waals surface area contributed by atoms with E-state index < -0.39 is 6.10 Å². The van der Waals surface area contributed by atoms with Crippen molar-refractivity contribution in [2.24, 2.45) is 0 Å². The molecule has 1 atom stereocenters. The number of rotatable bonds is 5. The van der Waals surface area contributed by atoms with Crippen molar-refractivity contribution in [2.45, 2.75) is 19.6 Å². The van der Waals surface area contributed by atoms with Crippen LogP contribution in [0, 0.1) is 0 Å². The van der Waals surface area contributed by atoms with Gasteiger partial charge >= 0.3 is 0 Å². The SMILES string of the molecule is CCn1cc(C(OC=O)c2ccccc2)c(=O)c2ccc(Br)cc21. The lowest BCUT2D eigenvalue weighted by molar-refractivity contribution is -0.132. The van der Waals surface area contributed by atoms with Crippen LogP contribution in [0.15, 0.2) is 64.0 Å². The fourth-order valence-electron chi connectivity index (χ4n) is 2.85. The number of hydrogen-bond donors (Lipinski definition) is 0. The third kappa shape index (κ3) is 2.99. The number of halogens is 1. The Morgan fingerprint density at radius 3 is 2.62 bits per heavy atom. The average Bonchev–Trinajstić information content (AvgIpc) is 2.61. The summed E-state index contributed by atoms with van der Waals surface area (Å²) in [6.45, 7) is 3.09. The van der Waals surface area contributed by atoms with Gasteiger partial charge in [0, 0.05) is 22.6 Å². The maximum Gasteiger partial charge on any atom is 0.294 e. The third-order valence-corrected chi connectivity index (χ3v) is 4.48. The summed E-state index contributed by atoms with van der Waals surface area (Å²) < 4.78 is 8.16. The molecule has 0 spiro atoms. The molecule has 0 saturated carbocycles. The number of aromatic nitrogens is 1. The smallest absolute Gasteiger partial charge is 0.294 e. The second-order valence-corrected chi connectivity index (χ2v) is 6.30. The lowest BCUT2D eigenvalue weighted by Crippen LogP contribution is -2.20. The minimum absolute atomic E-state index is 0.127. The molecule has 2 aromatic carbocycles. The van der Waals surface area contributed by atoms with Crippen LogP contribution in [-0.2, 0) is 16.1 Å². The van der Waals surface area contributed by atoms with Gasteiger partial charge in [-0.25, -0.2) is 0 Å². The summed E-state index contributed by atoms with van der Waals surface area (Å²) in [4.78, 5) is 24.0. The summed E-state index contributed by atoms with van der Waals surface area (Å²) in [7, 11) is 0. The molecule has 5 heteroatoms. The molecular weight excluding hydrogens is 370 g/mol. The first kappa shape index (κ1) is 16.5. The van der Waals surface area contributed by atoms with Crippen molar-refractivity contribution >= 4 is 33.3 Å². The fourth-order valence-corrected chi connectivity index (χ4v) is 3.20. The van der Waals surface area contributed by atoms with E-state index in [1.165, 1.54) is 0 Å². The van der Waals surface area contributed by atoms with Crippen LogP contribution in [0.2, 0.25) is 0 Å². The molecule has 1 unspecified atom stereocenters. The minimum Gasteiger partial charge on any atom is -0.455 e. The van der Waals surface area contributed by atoms with E-state index in [0.717, 1.165) is 15.6 Å². The van der Waals surface area contributed by atoms with Crippen LogP contribution in [0.5, 0.6) is 0 Å². The lowest BCUT2D eigenvalue weighted by atomic mass is 10.0. The van der Waals surface area contributed by atoms with Crippen LogP contribution in [0.3, 0.4) is 0 Å². The van der Waals surface area contributed by atoms with Crippen LogP contribution >= 0.6 is 15.9 Å². The van der Waals surface area contributed by atoms with Crippen LogP contribution < -0.4 is 5.43 Å². The molecule has 1 heterocycles. The average molecular weight is 386 g/mol. The van der Waals surface area contributed by atoms with Crippen molar-refractivity contribution in [2.75, 3.05) is 0 Å². The van der Waals surface area contributed by atoms with Crippen molar-refractivity contribution in [3.8, 4) is 0 Å². The van der Waals surface area contributed by atoms with E-state index in [-0.39, 0.29) is 5.43 Å². The first-order valence-corrected chi connectivity index (χ1v) is 8.41. The van der Waals surface area contributed by atoms with Gasteiger partial charge in [-0.2, -0.15) is 0 Å². The van der Waals surface area contributed by atoms with Crippen molar-refractivity contribution in [3.63, 3.8) is 0 Å². The highest BCUT2D eigenvalue weighted by molar-refractivity contribution is 9.10. The van der Waals surface area contributed by atoms with E-state index in [1.807, 2.05) is 54.0 Å². The van der Waals surface area contributed by atoms with Crippen molar-refractivity contribution in [3.05, 3.63) is 80.6 Å². The van der Waals surface area contributed by atoms with Gasteiger partial charge in [0.05, 0.1) is 11.1 Å². The second-order valence-electron chi connectivity index (χ2n) is 5.38. The molecule has 4 nitrogen and oxygen atoms in total. The van der Waals surface area contributed by atoms with Gasteiger partial charge in [-0.1, -0.05) is 46.3 Å². The Labute approximate surface area is 147 Å². The zero-order valence-corrected chi connectivity index (χ0v) is 14.7. The molecule has 24 heavy (non-hydrogen) atoms. The molecule has 0 saturated heterocycles. The Morgan fingerprint density at radius 1 is 1.21 bits per heavy atom. The predicted octanol–water partition coefficient (Wildman–Crippen LogP) is 4.05. The monoisotopic (exact) mass is 385 g/mol. The predicted molar refractivity (Wildman–Crippen MR) is 97.0 cm³/mol. The topological polar surface area (TPSA) is 48.3 Å². The summed E-state index contributed by atoms with van der Waals surface area (Å²) in [6.07, 6.45) is 1.06. The number of carbonyl (C=O) groups excluding carboxylic acids is 1. The maximum absolute atomic E-state index is 13.0. The lowest BCUT2D eigenvalue weighted by Gasteiger charge is -2.18. The number of fused-ring (bicyclic) bond motifs is 1. The molecule has 0 aliphatic rings. The zero-order valence-electron chi connectivity index (χ0n) is 13.1. The molecule has 0 radical (unpaired) electrons. The van der Waals surface area contributed by atoms with E-state index in [9.17, 15) is 9.59 Å². The number of aryl methyl sites for hydroxylation is 1. The van der Waals surface area contributed by atoms with Gasteiger partial charge in [0.25, 0.3) is 6.47 Å². The molecule has 0 fully saturated rings. The highest BCUT2D eigenvalue weighted by Crippen LogP contribution is 2.26. The fraction of sp³-hybridized carbons (Fsp3) is 0.158. The van der Waals surface area contributed by atoms with Gasteiger partial charge in [-0.05, 0) is 30.7 Å². The summed E-state index contributed by atoms with van der Waals surface area (Å²) in [5.74, 6) is 0. The number of ether oxygens (including phenoxy) is 1. The quantitative estimate of drug-likeness (QED) is 0.622.